The number of nitrogens with one attached hydrogen (secondary N) is 1. The molecule has 0 aliphatic rings. The Labute approximate surface area is 189 Å². The van der Waals surface area contributed by atoms with Crippen molar-refractivity contribution in [1.82, 2.24) is 5.32 Å². The maximum atomic E-state index is 13.4. The molecule has 0 aliphatic heterocycles. The van der Waals surface area contributed by atoms with Crippen LogP contribution in [0, 0.1) is 13.8 Å². The highest BCUT2D eigenvalue weighted by Gasteiger charge is 2.25. The molecule has 3 aromatic carbocycles. The monoisotopic (exact) mass is 452 g/mol. The molecule has 0 spiro atoms. The Balaban J connectivity index is 1.76. The molecule has 0 unspecified atom stereocenters. The highest BCUT2D eigenvalue weighted by molar-refractivity contribution is 7.92. The lowest BCUT2D eigenvalue weighted by Gasteiger charge is -2.24. The fraction of sp³-hybridized carbons (Fsp3) is 0.240. The van der Waals surface area contributed by atoms with Crippen LogP contribution in [0.1, 0.15) is 23.1 Å². The summed E-state index contributed by atoms with van der Waals surface area (Å²) in [5.74, 6) is 0.447. The Morgan fingerprint density at radius 3 is 2.12 bits per heavy atom. The van der Waals surface area contributed by atoms with Gasteiger partial charge in [0.2, 0.25) is 5.91 Å². The first-order chi connectivity index (χ1) is 15.3. The van der Waals surface area contributed by atoms with Gasteiger partial charge in [-0.15, -0.1) is 0 Å². The molecule has 3 aromatic rings. The molecular formula is C25H28N2O4S. The van der Waals surface area contributed by atoms with Crippen LogP contribution in [0.2, 0.25) is 0 Å². The molecule has 3 rings (SSSR count). The predicted molar refractivity (Wildman–Crippen MR) is 126 cm³/mol. The number of carbonyl (C=O) groups excluding carboxylic acids is 1. The number of carbonyl (C=O) groups is 1. The van der Waals surface area contributed by atoms with Crippen molar-refractivity contribution in [2.24, 2.45) is 0 Å². The lowest BCUT2D eigenvalue weighted by molar-refractivity contribution is -0.121. The van der Waals surface area contributed by atoms with Crippen LogP contribution >= 0.6 is 0 Å². The van der Waals surface area contributed by atoms with Gasteiger partial charge in [-0.05, 0) is 44.2 Å². The van der Waals surface area contributed by atoms with Gasteiger partial charge in [0.05, 0.1) is 17.7 Å². The van der Waals surface area contributed by atoms with Gasteiger partial charge in [-0.25, -0.2) is 8.42 Å². The number of methoxy groups -OCH3 is 1. The highest BCUT2D eigenvalue weighted by atomic mass is 32.2. The van der Waals surface area contributed by atoms with Crippen molar-refractivity contribution >= 4 is 21.6 Å². The second-order valence-electron chi connectivity index (χ2n) is 7.56. The van der Waals surface area contributed by atoms with E-state index in [0.29, 0.717) is 18.0 Å². The topological polar surface area (TPSA) is 75.7 Å². The molecule has 0 bridgehead atoms. The van der Waals surface area contributed by atoms with Crippen LogP contribution in [-0.4, -0.2) is 28.0 Å². The number of ether oxygens (including phenoxy) is 1. The third-order valence-corrected chi connectivity index (χ3v) is 6.98. The number of aryl methyl sites for hydroxylation is 2. The Morgan fingerprint density at radius 2 is 1.50 bits per heavy atom. The van der Waals surface area contributed by atoms with E-state index < -0.39 is 10.0 Å². The minimum atomic E-state index is -3.82. The molecule has 6 nitrogen and oxygen atoms in total. The predicted octanol–water partition coefficient (Wildman–Crippen LogP) is 4.21. The number of nitrogens with zero attached hydrogens (tertiary/aromatic N) is 1. The van der Waals surface area contributed by atoms with Gasteiger partial charge < -0.3 is 10.1 Å². The molecule has 7 heteroatoms. The van der Waals surface area contributed by atoms with E-state index in [4.69, 9.17) is 4.74 Å². The summed E-state index contributed by atoms with van der Waals surface area (Å²) in [5.41, 5.74) is 3.37. The van der Waals surface area contributed by atoms with Crippen LogP contribution in [0.5, 0.6) is 5.75 Å². The van der Waals surface area contributed by atoms with Crippen molar-refractivity contribution in [2.45, 2.75) is 31.7 Å². The highest BCUT2D eigenvalue weighted by Crippen LogP contribution is 2.25. The third kappa shape index (κ3) is 5.68. The molecule has 0 radical (unpaired) electrons. The van der Waals surface area contributed by atoms with Gasteiger partial charge in [0.25, 0.3) is 10.0 Å². The summed E-state index contributed by atoms with van der Waals surface area (Å²) < 4.78 is 33.4. The zero-order valence-electron chi connectivity index (χ0n) is 18.5. The van der Waals surface area contributed by atoms with Crippen molar-refractivity contribution in [3.05, 3.63) is 89.5 Å². The van der Waals surface area contributed by atoms with Crippen LogP contribution in [0.25, 0.3) is 0 Å². The van der Waals surface area contributed by atoms with E-state index in [9.17, 15) is 13.2 Å². The molecule has 0 atom stereocenters. The van der Waals surface area contributed by atoms with Gasteiger partial charge >= 0.3 is 0 Å². The largest absolute Gasteiger partial charge is 0.496 e. The molecule has 168 valence electrons. The van der Waals surface area contributed by atoms with E-state index in [1.54, 1.807) is 43.5 Å². The standard InChI is InChI=1S/C25H28N2O4S/c1-19-8-12-22(13-9-19)27(32(29,30)23-14-10-20(2)11-15-23)17-16-25(28)26-18-21-6-4-5-7-24(21)31-3/h4-15H,16-18H2,1-3H3,(H,26,28). The summed E-state index contributed by atoms with van der Waals surface area (Å²) in [7, 11) is -2.24. The minimum Gasteiger partial charge on any atom is -0.496 e. The van der Waals surface area contributed by atoms with Crippen LogP contribution < -0.4 is 14.4 Å². The summed E-state index contributed by atoms with van der Waals surface area (Å²) in [6.07, 6.45) is 0.0219. The smallest absolute Gasteiger partial charge is 0.264 e. The second-order valence-corrected chi connectivity index (χ2v) is 9.43. The molecule has 0 saturated carbocycles. The van der Waals surface area contributed by atoms with Crippen molar-refractivity contribution in [3.63, 3.8) is 0 Å². The van der Waals surface area contributed by atoms with Crippen LogP contribution in [-0.2, 0) is 21.4 Å². The number of amides is 1. The summed E-state index contributed by atoms with van der Waals surface area (Å²) >= 11 is 0. The van der Waals surface area contributed by atoms with Gasteiger partial charge in [0, 0.05) is 25.1 Å². The second kappa shape index (κ2) is 10.3. The summed E-state index contributed by atoms with van der Waals surface area (Å²) in [5, 5.41) is 2.85. The molecule has 0 aliphatic carbocycles. The Morgan fingerprint density at radius 1 is 0.906 bits per heavy atom. The van der Waals surface area contributed by atoms with Gasteiger partial charge in [-0.2, -0.15) is 0 Å². The summed E-state index contributed by atoms with van der Waals surface area (Å²) in [6.45, 7) is 4.17. The molecular weight excluding hydrogens is 424 g/mol. The van der Waals surface area contributed by atoms with Gasteiger partial charge in [0.1, 0.15) is 5.75 Å². The Bertz CT molecular complexity index is 1160. The van der Waals surface area contributed by atoms with Crippen LogP contribution in [0.15, 0.2) is 77.7 Å². The normalized spacial score (nSPS) is 11.1. The van der Waals surface area contributed by atoms with E-state index in [2.05, 4.69) is 5.32 Å². The maximum absolute atomic E-state index is 13.4. The lowest BCUT2D eigenvalue weighted by Crippen LogP contribution is -2.35. The molecule has 0 heterocycles. The van der Waals surface area contributed by atoms with E-state index in [1.807, 2.05) is 50.2 Å². The minimum absolute atomic E-state index is 0.0219. The molecule has 0 saturated heterocycles. The van der Waals surface area contributed by atoms with E-state index >= 15 is 0 Å². The lowest BCUT2D eigenvalue weighted by atomic mass is 10.2. The van der Waals surface area contributed by atoms with Gasteiger partial charge in [0.15, 0.2) is 0 Å². The molecule has 1 amide bonds. The number of benzene rings is 3. The number of rotatable bonds is 9. The van der Waals surface area contributed by atoms with Crippen molar-refractivity contribution in [3.8, 4) is 5.75 Å². The van der Waals surface area contributed by atoms with Crippen LogP contribution in [0.3, 0.4) is 0 Å². The zero-order valence-corrected chi connectivity index (χ0v) is 19.4. The number of sulfonamides is 1. The number of para-hydroxylation sites is 1. The first kappa shape index (κ1) is 23.3. The van der Waals surface area contributed by atoms with Crippen molar-refractivity contribution in [1.29, 1.82) is 0 Å². The van der Waals surface area contributed by atoms with E-state index in [0.717, 1.165) is 16.7 Å². The average Bonchev–Trinajstić information content (AvgIpc) is 2.79. The van der Waals surface area contributed by atoms with Crippen LogP contribution in [0.4, 0.5) is 5.69 Å². The third-order valence-electron chi connectivity index (χ3n) is 5.14. The molecule has 32 heavy (non-hydrogen) atoms. The number of hydrogen-bond acceptors (Lipinski definition) is 4. The van der Waals surface area contributed by atoms with Gasteiger partial charge in [-0.3, -0.25) is 9.10 Å². The number of anilines is 1. The SMILES string of the molecule is COc1ccccc1CNC(=O)CCN(c1ccc(C)cc1)S(=O)(=O)c1ccc(C)cc1. The summed E-state index contributed by atoms with van der Waals surface area (Å²) in [6, 6.07) is 21.4. The molecule has 1 N–H and O–H groups in total. The quantitative estimate of drug-likeness (QED) is 0.528. The van der Waals surface area contributed by atoms with Gasteiger partial charge in [-0.1, -0.05) is 53.6 Å². The maximum Gasteiger partial charge on any atom is 0.264 e. The number of hydrogen-bond donors (Lipinski definition) is 1. The fourth-order valence-electron chi connectivity index (χ4n) is 3.27. The van der Waals surface area contributed by atoms with E-state index in [-0.39, 0.29) is 23.8 Å². The Hall–Kier alpha value is -3.32. The van der Waals surface area contributed by atoms with Crippen molar-refractivity contribution < 1.29 is 17.9 Å². The average molecular weight is 453 g/mol. The molecule has 0 fully saturated rings. The molecule has 0 aromatic heterocycles. The zero-order chi connectivity index (χ0) is 23.1. The van der Waals surface area contributed by atoms with Crippen molar-refractivity contribution in [2.75, 3.05) is 18.0 Å². The first-order valence-corrected chi connectivity index (χ1v) is 11.8. The fourth-order valence-corrected chi connectivity index (χ4v) is 4.74. The Kier molecular flexibility index (Phi) is 7.53. The first-order valence-electron chi connectivity index (χ1n) is 10.4. The van der Waals surface area contributed by atoms with E-state index in [1.165, 1.54) is 4.31 Å². The summed E-state index contributed by atoms with van der Waals surface area (Å²) in [4.78, 5) is 12.7.